The zero-order chi connectivity index (χ0) is 35.1. The predicted molar refractivity (Wildman–Crippen MR) is 221 cm³/mol. The Labute approximate surface area is 314 Å². The van der Waals surface area contributed by atoms with Gasteiger partial charge in [-0.2, -0.15) is 0 Å². The predicted octanol–water partition coefficient (Wildman–Crippen LogP) is 8.76. The highest BCUT2D eigenvalue weighted by molar-refractivity contribution is 7.08. The maximum Gasteiger partial charge on any atom is 0.0624 e. The van der Waals surface area contributed by atoms with Gasteiger partial charge < -0.3 is 15.0 Å². The van der Waals surface area contributed by atoms with Gasteiger partial charge in [-0.3, -0.25) is 0 Å². The number of hydrogen-bond donors (Lipinski definition) is 3. The van der Waals surface area contributed by atoms with Crippen molar-refractivity contribution in [2.45, 2.75) is 0 Å². The fourth-order valence-corrected chi connectivity index (χ4v) is 9.77. The monoisotopic (exact) mass is 715 g/mol. The normalized spacial score (nSPS) is 15.8. The topological polar surface area (TPSA) is 47.4 Å². The molecule has 252 valence electrons. The molecule has 1 aliphatic heterocycles. The van der Waals surface area contributed by atoms with Crippen LogP contribution in [0.3, 0.4) is 0 Å². The minimum atomic E-state index is 1.04. The molecule has 1 aliphatic rings. The molecular formula is C48H33N3S2. The molecule has 53 heavy (non-hydrogen) atoms. The molecule has 0 atom stereocenters. The Morgan fingerprint density at radius 3 is 0.717 bits per heavy atom. The van der Waals surface area contributed by atoms with Crippen LogP contribution in [0.25, 0.3) is 33.7 Å². The van der Waals surface area contributed by atoms with Crippen LogP contribution in [-0.4, -0.2) is 15.0 Å². The Morgan fingerprint density at radius 1 is 0.226 bits per heavy atom. The van der Waals surface area contributed by atoms with E-state index in [0.29, 0.717) is 0 Å². The minimum absolute atomic E-state index is 1.04. The maximum atomic E-state index is 3.92. The average Bonchev–Trinajstić information content (AvgIpc) is 4.07. The summed E-state index contributed by atoms with van der Waals surface area (Å²) in [7, 11) is 0. The number of rotatable bonds is 4. The SMILES string of the molecule is c1ccc(C2=c3cc/c(s3)=C(/c3ccccc3)c3ccc([nH]3)-c3ccc([nH]3)/C(c3ccccc3)=c3/cc/c(s3)=C(\c3ccccc3)c3ccc2[nH]3)cc1. The average molecular weight is 716 g/mol. The summed E-state index contributed by atoms with van der Waals surface area (Å²) in [6, 6.07) is 65.3. The second kappa shape index (κ2) is 13.3. The van der Waals surface area contributed by atoms with Crippen molar-refractivity contribution < 1.29 is 0 Å². The van der Waals surface area contributed by atoms with Crippen LogP contribution >= 0.6 is 22.7 Å². The Bertz CT molecular complexity index is 2770. The standard InChI is InChI=1S/C48H33N3S2/c1-5-13-31(14-6-1)45-37-23-21-35(49-37)36-22-24-38(50-36)46(32-15-7-2-8-16-32)42-28-30-44(53-42)48(34-19-11-4-12-20-34)40-26-25-39(51-40)47(33-17-9-3-10-18-33)43-29-27-41(45)52-43/h1-30,49-51H/b36-35?,45-37?,45-41-,46-38?,46-42+,47-39?,47-43-,48-40?,48-44?. The van der Waals surface area contributed by atoms with Crippen molar-refractivity contribution in [3.8, 4) is 11.4 Å². The van der Waals surface area contributed by atoms with Gasteiger partial charge in [-0.1, -0.05) is 121 Å². The molecule has 3 N–H and O–H groups in total. The van der Waals surface area contributed by atoms with Crippen LogP contribution in [0.1, 0.15) is 45.0 Å². The molecule has 4 aromatic carbocycles. The number of thiophene rings is 2. The Kier molecular flexibility index (Phi) is 7.86. The molecule has 0 saturated carbocycles. The Balaban J connectivity index is 1.33. The smallest absolute Gasteiger partial charge is 0.0624 e. The molecule has 0 aliphatic carbocycles. The molecule has 5 aromatic heterocycles. The van der Waals surface area contributed by atoms with Gasteiger partial charge in [0.1, 0.15) is 0 Å². The van der Waals surface area contributed by atoms with Gasteiger partial charge in [0.15, 0.2) is 0 Å². The molecular weight excluding hydrogens is 683 g/mol. The van der Waals surface area contributed by atoms with Gasteiger partial charge in [0.25, 0.3) is 0 Å². The maximum absolute atomic E-state index is 3.92. The van der Waals surface area contributed by atoms with Crippen LogP contribution in [0.2, 0.25) is 0 Å². The van der Waals surface area contributed by atoms with Gasteiger partial charge in [0, 0.05) is 63.2 Å². The summed E-state index contributed by atoms with van der Waals surface area (Å²) in [5.74, 6) is 0. The van der Waals surface area contributed by atoms with Gasteiger partial charge >= 0.3 is 0 Å². The summed E-state index contributed by atoms with van der Waals surface area (Å²) in [6.45, 7) is 0. The van der Waals surface area contributed by atoms with Gasteiger partial charge in [-0.15, -0.1) is 22.7 Å². The van der Waals surface area contributed by atoms with Crippen LogP contribution in [0, 0.1) is 0 Å². The summed E-state index contributed by atoms with van der Waals surface area (Å²) < 4.78 is 4.81. The summed E-state index contributed by atoms with van der Waals surface area (Å²) >= 11 is 3.65. The molecule has 0 unspecified atom stereocenters. The van der Waals surface area contributed by atoms with Crippen molar-refractivity contribution >= 4 is 45.0 Å². The summed E-state index contributed by atoms with van der Waals surface area (Å²) in [4.78, 5) is 11.5. The van der Waals surface area contributed by atoms with E-state index in [4.69, 9.17) is 0 Å². The van der Waals surface area contributed by atoms with E-state index in [1.54, 1.807) is 0 Å². The van der Waals surface area contributed by atoms with Gasteiger partial charge in [-0.25, -0.2) is 0 Å². The lowest BCUT2D eigenvalue weighted by Crippen LogP contribution is -2.08. The van der Waals surface area contributed by atoms with E-state index in [1.807, 2.05) is 22.7 Å². The Morgan fingerprint density at radius 2 is 0.453 bits per heavy atom. The molecule has 3 nitrogen and oxygen atoms in total. The van der Waals surface area contributed by atoms with Crippen molar-refractivity contribution in [3.63, 3.8) is 0 Å². The number of benzene rings is 4. The van der Waals surface area contributed by atoms with E-state index in [0.717, 1.165) is 34.2 Å². The number of hydrogen-bond acceptors (Lipinski definition) is 2. The second-order valence-corrected chi connectivity index (χ2v) is 15.3. The third kappa shape index (κ3) is 5.77. The molecule has 6 heterocycles. The molecule has 0 saturated heterocycles. The van der Waals surface area contributed by atoms with Gasteiger partial charge in [0.2, 0.25) is 0 Å². The zero-order valence-corrected chi connectivity index (χ0v) is 30.3. The lowest BCUT2D eigenvalue weighted by Gasteiger charge is -2.08. The number of H-pyrrole nitrogens is 3. The highest BCUT2D eigenvalue weighted by Crippen LogP contribution is 2.30. The summed E-state index contributed by atoms with van der Waals surface area (Å²) in [5.41, 5.74) is 15.8. The van der Waals surface area contributed by atoms with Crippen LogP contribution < -0.4 is 18.1 Å². The molecule has 10 rings (SSSR count). The third-order valence-corrected chi connectivity index (χ3v) is 12.1. The first-order valence-electron chi connectivity index (χ1n) is 17.8. The molecule has 0 spiro atoms. The molecule has 0 radical (unpaired) electrons. The molecule has 10 bridgehead atoms. The third-order valence-electron chi connectivity index (χ3n) is 9.87. The zero-order valence-electron chi connectivity index (χ0n) is 28.6. The minimum Gasteiger partial charge on any atom is -0.354 e. The molecule has 0 amide bonds. The van der Waals surface area contributed by atoms with Crippen LogP contribution in [0.5, 0.6) is 0 Å². The fourth-order valence-electron chi connectivity index (χ4n) is 7.44. The Hall–Kier alpha value is -6.40. The highest BCUT2D eigenvalue weighted by Gasteiger charge is 2.18. The van der Waals surface area contributed by atoms with E-state index < -0.39 is 0 Å². The molecule has 5 heteroatoms. The van der Waals surface area contributed by atoms with Crippen LogP contribution in [0.15, 0.2) is 182 Å². The van der Waals surface area contributed by atoms with Gasteiger partial charge in [-0.05, 0) is 82.9 Å². The van der Waals surface area contributed by atoms with Crippen molar-refractivity contribution in [1.82, 2.24) is 15.0 Å². The van der Waals surface area contributed by atoms with E-state index in [2.05, 4.69) is 197 Å². The molecule has 0 fully saturated rings. The first kappa shape index (κ1) is 31.3. The number of fused-ring (bicyclic) bond motifs is 11. The van der Waals surface area contributed by atoms with Gasteiger partial charge in [0.05, 0.1) is 11.4 Å². The first-order chi connectivity index (χ1) is 26.3. The molecule has 9 aromatic rings. The summed E-state index contributed by atoms with van der Waals surface area (Å²) in [5, 5.41) is 0. The highest BCUT2D eigenvalue weighted by atomic mass is 32.1. The van der Waals surface area contributed by atoms with E-state index in [-0.39, 0.29) is 0 Å². The fraction of sp³-hybridized carbons (Fsp3) is 0. The van der Waals surface area contributed by atoms with Crippen LogP contribution in [-0.2, 0) is 0 Å². The van der Waals surface area contributed by atoms with Crippen molar-refractivity contribution in [2.75, 3.05) is 0 Å². The van der Waals surface area contributed by atoms with E-state index in [1.165, 1.54) is 62.7 Å². The number of aromatic nitrogens is 3. The summed E-state index contributed by atoms with van der Waals surface area (Å²) in [6.07, 6.45) is 0. The quantitative estimate of drug-likeness (QED) is 0.163. The largest absolute Gasteiger partial charge is 0.354 e. The lowest BCUT2D eigenvalue weighted by molar-refractivity contribution is 1.28. The van der Waals surface area contributed by atoms with Crippen molar-refractivity contribution in [1.29, 1.82) is 0 Å². The van der Waals surface area contributed by atoms with E-state index in [9.17, 15) is 0 Å². The van der Waals surface area contributed by atoms with Crippen molar-refractivity contribution in [3.05, 3.63) is 245 Å². The number of nitrogens with one attached hydrogen (secondary N) is 3. The lowest BCUT2D eigenvalue weighted by atomic mass is 10.0. The number of aromatic amines is 3. The van der Waals surface area contributed by atoms with Crippen LogP contribution in [0.4, 0.5) is 0 Å². The first-order valence-corrected chi connectivity index (χ1v) is 19.4. The van der Waals surface area contributed by atoms with E-state index >= 15 is 0 Å². The second-order valence-electron chi connectivity index (χ2n) is 13.1. The van der Waals surface area contributed by atoms with Crippen molar-refractivity contribution in [2.24, 2.45) is 0 Å².